The first-order chi connectivity index (χ1) is 16.9. The summed E-state index contributed by atoms with van der Waals surface area (Å²) in [7, 11) is -7.45. The summed E-state index contributed by atoms with van der Waals surface area (Å²) in [5.41, 5.74) is 1.84. The summed E-state index contributed by atoms with van der Waals surface area (Å²) in [5, 5.41) is 2.80. The van der Waals surface area contributed by atoms with Gasteiger partial charge in [-0.1, -0.05) is 42.0 Å². The Kier molecular flexibility index (Phi) is 8.42. The zero-order chi connectivity index (χ0) is 26.5. The van der Waals surface area contributed by atoms with Crippen LogP contribution in [0.1, 0.15) is 31.0 Å². The Morgan fingerprint density at radius 3 is 2.08 bits per heavy atom. The van der Waals surface area contributed by atoms with Crippen LogP contribution in [0, 0.1) is 6.92 Å². The van der Waals surface area contributed by atoms with Crippen molar-refractivity contribution >= 4 is 31.5 Å². The van der Waals surface area contributed by atoms with Gasteiger partial charge in [-0.25, -0.2) is 16.8 Å². The van der Waals surface area contributed by atoms with Crippen LogP contribution in [0.15, 0.2) is 82.6 Å². The molecule has 0 heterocycles. The smallest absolute Gasteiger partial charge is 0.264 e. The Balaban J connectivity index is 1.91. The number of amides is 1. The molecule has 1 amide bonds. The van der Waals surface area contributed by atoms with Crippen LogP contribution < -0.4 is 14.4 Å². The molecule has 0 aromatic heterocycles. The monoisotopic (exact) mass is 530 g/mol. The number of hydrogen-bond acceptors (Lipinski definition) is 6. The van der Waals surface area contributed by atoms with Crippen LogP contribution >= 0.6 is 0 Å². The van der Waals surface area contributed by atoms with E-state index in [4.69, 9.17) is 4.74 Å². The molecule has 0 aliphatic carbocycles. The standard InChI is InChI=1S/C26H30N2O6S2/c1-5-34-25-9-7-6-8-24(25)28(36(32,33)23-14-10-19(2)11-15-23)18-26(29)27-20(3)21-12-16-22(17-13-21)35(4,30)31/h6-17,20H,5,18H2,1-4H3,(H,27,29)/t20-/m0/s1. The van der Waals surface area contributed by atoms with Crippen LogP contribution in [0.25, 0.3) is 0 Å². The number of nitrogens with zero attached hydrogens (tertiary/aromatic N) is 1. The Morgan fingerprint density at radius 1 is 0.917 bits per heavy atom. The number of carbonyl (C=O) groups excluding carboxylic acids is 1. The summed E-state index contributed by atoms with van der Waals surface area (Å²) in [6, 6.07) is 18.7. The molecule has 0 aliphatic heterocycles. The SMILES string of the molecule is CCOc1ccccc1N(CC(=O)N[C@@H](C)c1ccc(S(C)(=O)=O)cc1)S(=O)(=O)c1ccc(C)cc1. The molecule has 0 saturated heterocycles. The van der Waals surface area contributed by atoms with Gasteiger partial charge in [-0.05, 0) is 62.7 Å². The number of para-hydroxylation sites is 2. The van der Waals surface area contributed by atoms with Crippen molar-refractivity contribution < 1.29 is 26.4 Å². The van der Waals surface area contributed by atoms with Crippen molar-refractivity contribution in [1.29, 1.82) is 0 Å². The minimum atomic E-state index is -4.10. The van der Waals surface area contributed by atoms with E-state index in [0.717, 1.165) is 16.1 Å². The summed E-state index contributed by atoms with van der Waals surface area (Å²) in [6.45, 7) is 5.23. The predicted octanol–water partition coefficient (Wildman–Crippen LogP) is 3.87. The van der Waals surface area contributed by atoms with Gasteiger partial charge in [0.2, 0.25) is 5.91 Å². The maximum Gasteiger partial charge on any atom is 0.264 e. The normalized spacial score (nSPS) is 12.6. The van der Waals surface area contributed by atoms with Gasteiger partial charge in [-0.2, -0.15) is 0 Å². The number of rotatable bonds is 10. The molecule has 1 atom stereocenters. The van der Waals surface area contributed by atoms with E-state index in [0.29, 0.717) is 17.9 Å². The summed E-state index contributed by atoms with van der Waals surface area (Å²) < 4.78 is 57.4. The number of anilines is 1. The fourth-order valence-corrected chi connectivity index (χ4v) is 5.64. The number of ether oxygens (including phenoxy) is 1. The molecular weight excluding hydrogens is 500 g/mol. The zero-order valence-electron chi connectivity index (χ0n) is 20.6. The lowest BCUT2D eigenvalue weighted by Crippen LogP contribution is -2.41. The Hall–Kier alpha value is -3.37. The molecule has 0 spiro atoms. The van der Waals surface area contributed by atoms with E-state index in [1.807, 2.05) is 6.92 Å². The van der Waals surface area contributed by atoms with Gasteiger partial charge in [0, 0.05) is 6.26 Å². The van der Waals surface area contributed by atoms with E-state index < -0.39 is 38.4 Å². The number of nitrogens with one attached hydrogen (secondary N) is 1. The number of sulfone groups is 1. The number of hydrogen-bond donors (Lipinski definition) is 1. The lowest BCUT2D eigenvalue weighted by atomic mass is 10.1. The number of aryl methyl sites for hydroxylation is 1. The highest BCUT2D eigenvalue weighted by atomic mass is 32.2. The van der Waals surface area contributed by atoms with Crippen molar-refractivity contribution in [2.24, 2.45) is 0 Å². The van der Waals surface area contributed by atoms with Crippen LogP contribution in [0.4, 0.5) is 5.69 Å². The van der Waals surface area contributed by atoms with Crippen molar-refractivity contribution in [2.75, 3.05) is 23.7 Å². The first-order valence-corrected chi connectivity index (χ1v) is 14.7. The first-order valence-electron chi connectivity index (χ1n) is 11.3. The number of sulfonamides is 1. The third kappa shape index (κ3) is 6.44. The molecule has 0 fully saturated rings. The van der Waals surface area contributed by atoms with Crippen molar-refractivity contribution in [3.8, 4) is 5.75 Å². The van der Waals surface area contributed by atoms with Gasteiger partial charge in [-0.15, -0.1) is 0 Å². The van der Waals surface area contributed by atoms with E-state index in [2.05, 4.69) is 5.32 Å². The minimum Gasteiger partial charge on any atom is -0.492 e. The highest BCUT2D eigenvalue weighted by Crippen LogP contribution is 2.32. The highest BCUT2D eigenvalue weighted by molar-refractivity contribution is 7.93. The fraction of sp³-hybridized carbons (Fsp3) is 0.269. The molecule has 8 nitrogen and oxygen atoms in total. The molecule has 0 bridgehead atoms. The second-order valence-corrected chi connectivity index (χ2v) is 12.2. The van der Waals surface area contributed by atoms with Crippen LogP contribution in [0.5, 0.6) is 5.75 Å². The molecule has 3 aromatic rings. The van der Waals surface area contributed by atoms with Crippen molar-refractivity contribution in [2.45, 2.75) is 36.6 Å². The number of carbonyl (C=O) groups is 1. The Bertz CT molecular complexity index is 1420. The average Bonchev–Trinajstić information content (AvgIpc) is 2.83. The quantitative estimate of drug-likeness (QED) is 0.426. The Labute approximate surface area is 212 Å². The van der Waals surface area contributed by atoms with Gasteiger partial charge in [0.25, 0.3) is 10.0 Å². The van der Waals surface area contributed by atoms with Gasteiger partial charge in [0.15, 0.2) is 9.84 Å². The molecule has 3 rings (SSSR count). The van der Waals surface area contributed by atoms with Gasteiger partial charge < -0.3 is 10.1 Å². The van der Waals surface area contributed by atoms with Crippen LogP contribution in [-0.4, -0.2) is 42.2 Å². The summed E-state index contributed by atoms with van der Waals surface area (Å²) in [6.07, 6.45) is 1.12. The second kappa shape index (κ2) is 11.1. The van der Waals surface area contributed by atoms with E-state index >= 15 is 0 Å². The Morgan fingerprint density at radius 2 is 1.50 bits per heavy atom. The number of benzene rings is 3. The van der Waals surface area contributed by atoms with Gasteiger partial charge >= 0.3 is 0 Å². The summed E-state index contributed by atoms with van der Waals surface area (Å²) in [4.78, 5) is 13.3. The first kappa shape index (κ1) is 27.2. The van der Waals surface area contributed by atoms with Crippen LogP contribution in [-0.2, 0) is 24.7 Å². The third-order valence-corrected chi connectivity index (χ3v) is 8.42. The summed E-state index contributed by atoms with van der Waals surface area (Å²) in [5.74, 6) is -0.190. The van der Waals surface area contributed by atoms with E-state index in [9.17, 15) is 21.6 Å². The predicted molar refractivity (Wildman–Crippen MR) is 139 cm³/mol. The largest absolute Gasteiger partial charge is 0.492 e. The van der Waals surface area contributed by atoms with Crippen molar-refractivity contribution in [3.63, 3.8) is 0 Å². The minimum absolute atomic E-state index is 0.0524. The molecule has 192 valence electrons. The molecular formula is C26H30N2O6S2. The zero-order valence-corrected chi connectivity index (χ0v) is 22.3. The molecule has 0 unspecified atom stereocenters. The average molecular weight is 531 g/mol. The van der Waals surface area contributed by atoms with E-state index in [1.165, 1.54) is 24.3 Å². The lowest BCUT2D eigenvalue weighted by molar-refractivity contribution is -0.120. The van der Waals surface area contributed by atoms with Crippen LogP contribution in [0.2, 0.25) is 0 Å². The summed E-state index contributed by atoms with van der Waals surface area (Å²) >= 11 is 0. The van der Waals surface area contributed by atoms with Crippen LogP contribution in [0.3, 0.4) is 0 Å². The van der Waals surface area contributed by atoms with E-state index in [1.54, 1.807) is 62.4 Å². The van der Waals surface area contributed by atoms with Gasteiger partial charge in [-0.3, -0.25) is 9.10 Å². The van der Waals surface area contributed by atoms with Crippen molar-refractivity contribution in [3.05, 3.63) is 83.9 Å². The fourth-order valence-electron chi connectivity index (χ4n) is 3.58. The molecule has 0 radical (unpaired) electrons. The lowest BCUT2D eigenvalue weighted by Gasteiger charge is -2.26. The second-order valence-electron chi connectivity index (χ2n) is 8.36. The van der Waals surface area contributed by atoms with E-state index in [-0.39, 0.29) is 15.5 Å². The highest BCUT2D eigenvalue weighted by Gasteiger charge is 2.30. The maximum absolute atomic E-state index is 13.7. The third-order valence-electron chi connectivity index (χ3n) is 5.52. The van der Waals surface area contributed by atoms with Gasteiger partial charge in [0.1, 0.15) is 12.3 Å². The van der Waals surface area contributed by atoms with Crippen molar-refractivity contribution in [1.82, 2.24) is 5.32 Å². The molecule has 3 aromatic carbocycles. The molecule has 0 saturated carbocycles. The molecule has 36 heavy (non-hydrogen) atoms. The molecule has 1 N–H and O–H groups in total. The molecule has 0 aliphatic rings. The van der Waals surface area contributed by atoms with Gasteiger partial charge in [0.05, 0.1) is 28.1 Å². The maximum atomic E-state index is 13.7. The molecule has 10 heteroatoms. The topological polar surface area (TPSA) is 110 Å².